The van der Waals surface area contributed by atoms with E-state index in [1.807, 2.05) is 48.5 Å². The van der Waals surface area contributed by atoms with Gasteiger partial charge in [0.1, 0.15) is 18.1 Å². The van der Waals surface area contributed by atoms with Gasteiger partial charge in [-0.2, -0.15) is 5.10 Å². The molecule has 1 amide bonds. The maximum atomic E-state index is 12.1. The van der Waals surface area contributed by atoms with Crippen LogP contribution >= 0.6 is 27.5 Å². The minimum Gasteiger partial charge on any atom is -0.507 e. The number of amides is 1. The van der Waals surface area contributed by atoms with Gasteiger partial charge in [0.15, 0.2) is 0 Å². The van der Waals surface area contributed by atoms with Gasteiger partial charge in [0.25, 0.3) is 5.91 Å². The Labute approximate surface area is 175 Å². The molecule has 0 unspecified atom stereocenters. The Hall–Kier alpha value is -2.83. The molecule has 3 rings (SSSR count). The number of carbonyl (C=O) groups excluding carboxylic acids is 1. The zero-order valence-corrected chi connectivity index (χ0v) is 16.9. The Bertz CT molecular complexity index is 990. The molecule has 2 N–H and O–H groups in total. The fourth-order valence-electron chi connectivity index (χ4n) is 2.31. The number of nitrogens with zero attached hydrogens (tertiary/aromatic N) is 1. The lowest BCUT2D eigenvalue weighted by molar-refractivity contribution is 0.0952. The molecular formula is C21H16BrClN2O3. The van der Waals surface area contributed by atoms with E-state index in [2.05, 4.69) is 26.5 Å². The molecule has 28 heavy (non-hydrogen) atoms. The van der Waals surface area contributed by atoms with Crippen LogP contribution in [0, 0.1) is 0 Å². The number of benzene rings is 3. The fourth-order valence-corrected chi connectivity index (χ4v) is 2.80. The van der Waals surface area contributed by atoms with Crippen molar-refractivity contribution in [3.05, 3.63) is 92.9 Å². The van der Waals surface area contributed by atoms with Gasteiger partial charge in [0, 0.05) is 9.50 Å². The second-order valence-corrected chi connectivity index (χ2v) is 7.20. The Kier molecular flexibility index (Phi) is 6.68. The van der Waals surface area contributed by atoms with Crippen molar-refractivity contribution >= 4 is 39.7 Å². The number of hydrogen-bond acceptors (Lipinski definition) is 4. The Morgan fingerprint density at radius 2 is 1.82 bits per heavy atom. The summed E-state index contributed by atoms with van der Waals surface area (Å²) in [7, 11) is 0. The highest BCUT2D eigenvalue weighted by atomic mass is 79.9. The minimum absolute atomic E-state index is 0.113. The molecule has 0 saturated carbocycles. The van der Waals surface area contributed by atoms with E-state index >= 15 is 0 Å². The summed E-state index contributed by atoms with van der Waals surface area (Å²) in [6.07, 6.45) is 1.51. The molecule has 0 heterocycles. The predicted octanol–water partition coefficient (Wildman–Crippen LogP) is 5.15. The van der Waals surface area contributed by atoms with Gasteiger partial charge in [-0.1, -0.05) is 39.7 Å². The number of ether oxygens (including phenoxy) is 1. The first-order chi connectivity index (χ1) is 13.5. The molecule has 142 valence electrons. The van der Waals surface area contributed by atoms with Gasteiger partial charge in [-0.15, -0.1) is 0 Å². The zero-order chi connectivity index (χ0) is 19.9. The number of rotatable bonds is 6. The van der Waals surface area contributed by atoms with Crippen LogP contribution in [0.1, 0.15) is 21.5 Å². The number of halogens is 2. The van der Waals surface area contributed by atoms with E-state index in [0.717, 1.165) is 16.9 Å². The van der Waals surface area contributed by atoms with Crippen LogP contribution in [0.3, 0.4) is 0 Å². The standard InChI is InChI=1S/C21H16BrClN2O3/c22-16-5-10-20(26)19(11-16)21(27)25-24-12-14-3-8-18(9-4-14)28-13-15-1-6-17(23)7-2-15/h1-12,26H,13H2,(H,25,27)/b24-12-. The third-order valence-corrected chi connectivity index (χ3v) is 4.53. The van der Waals surface area contributed by atoms with Gasteiger partial charge in [0.05, 0.1) is 11.8 Å². The topological polar surface area (TPSA) is 70.9 Å². The van der Waals surface area contributed by atoms with Crippen molar-refractivity contribution in [2.45, 2.75) is 6.61 Å². The average molecular weight is 460 g/mol. The molecule has 0 saturated heterocycles. The molecule has 0 aliphatic carbocycles. The van der Waals surface area contributed by atoms with E-state index < -0.39 is 5.91 Å². The molecule has 7 heteroatoms. The first kappa shape index (κ1) is 19.9. The largest absolute Gasteiger partial charge is 0.507 e. The Balaban J connectivity index is 1.54. The third-order valence-electron chi connectivity index (χ3n) is 3.78. The summed E-state index contributed by atoms with van der Waals surface area (Å²) in [4.78, 5) is 12.1. The van der Waals surface area contributed by atoms with Gasteiger partial charge >= 0.3 is 0 Å². The van der Waals surface area contributed by atoms with Gasteiger partial charge < -0.3 is 9.84 Å². The van der Waals surface area contributed by atoms with Crippen LogP contribution < -0.4 is 10.2 Å². The highest BCUT2D eigenvalue weighted by Gasteiger charge is 2.10. The van der Waals surface area contributed by atoms with E-state index in [0.29, 0.717) is 16.1 Å². The van der Waals surface area contributed by atoms with Crippen LogP contribution in [0.15, 0.2) is 76.3 Å². The van der Waals surface area contributed by atoms with Crippen LogP contribution in [0.5, 0.6) is 11.5 Å². The lowest BCUT2D eigenvalue weighted by atomic mass is 10.2. The van der Waals surface area contributed by atoms with Crippen LogP contribution in [0.2, 0.25) is 5.02 Å². The lowest BCUT2D eigenvalue weighted by Gasteiger charge is -2.06. The third kappa shape index (κ3) is 5.58. The number of phenols is 1. The molecular weight excluding hydrogens is 444 g/mol. The molecule has 3 aromatic rings. The van der Waals surface area contributed by atoms with Crippen LogP contribution in [-0.2, 0) is 6.61 Å². The fraction of sp³-hybridized carbons (Fsp3) is 0.0476. The summed E-state index contributed by atoms with van der Waals surface area (Å²) in [5.74, 6) is 0.103. The van der Waals surface area contributed by atoms with E-state index in [-0.39, 0.29) is 11.3 Å². The molecule has 0 aliphatic heterocycles. The molecule has 3 aromatic carbocycles. The number of hydrazone groups is 1. The quantitative estimate of drug-likeness (QED) is 0.395. The van der Waals surface area contributed by atoms with E-state index in [4.69, 9.17) is 16.3 Å². The van der Waals surface area contributed by atoms with Crippen molar-refractivity contribution in [1.82, 2.24) is 5.43 Å². The molecule has 0 aliphatic rings. The van der Waals surface area contributed by atoms with Crippen molar-refractivity contribution in [1.29, 1.82) is 0 Å². The van der Waals surface area contributed by atoms with Crippen LogP contribution in [-0.4, -0.2) is 17.2 Å². The number of hydrogen-bond donors (Lipinski definition) is 2. The zero-order valence-electron chi connectivity index (χ0n) is 14.6. The smallest absolute Gasteiger partial charge is 0.275 e. The van der Waals surface area contributed by atoms with Crippen molar-refractivity contribution in [3.8, 4) is 11.5 Å². The minimum atomic E-state index is -0.502. The normalized spacial score (nSPS) is 10.8. The van der Waals surface area contributed by atoms with Crippen LogP contribution in [0.4, 0.5) is 0 Å². The van der Waals surface area contributed by atoms with E-state index in [1.165, 1.54) is 18.3 Å². The summed E-state index contributed by atoms with van der Waals surface area (Å²) >= 11 is 9.12. The van der Waals surface area contributed by atoms with Gasteiger partial charge in [0.2, 0.25) is 0 Å². The highest BCUT2D eigenvalue weighted by Crippen LogP contribution is 2.21. The van der Waals surface area contributed by atoms with Crippen LogP contribution in [0.25, 0.3) is 0 Å². The van der Waals surface area contributed by atoms with Crippen molar-refractivity contribution in [2.24, 2.45) is 5.10 Å². The number of nitrogens with one attached hydrogen (secondary N) is 1. The molecule has 0 spiro atoms. The number of phenolic OH excluding ortho intramolecular Hbond substituents is 1. The monoisotopic (exact) mass is 458 g/mol. The summed E-state index contributed by atoms with van der Waals surface area (Å²) < 4.78 is 6.41. The molecule has 0 aromatic heterocycles. The second kappa shape index (κ2) is 9.39. The predicted molar refractivity (Wildman–Crippen MR) is 113 cm³/mol. The Morgan fingerprint density at radius 3 is 2.54 bits per heavy atom. The summed E-state index contributed by atoms with van der Waals surface area (Å²) in [5.41, 5.74) is 4.34. The first-order valence-electron chi connectivity index (χ1n) is 8.30. The number of carbonyl (C=O) groups is 1. The SMILES string of the molecule is O=C(N/N=C\c1ccc(OCc2ccc(Cl)cc2)cc1)c1cc(Br)ccc1O. The van der Waals surface area contributed by atoms with Crippen molar-refractivity contribution in [2.75, 3.05) is 0 Å². The molecule has 5 nitrogen and oxygen atoms in total. The average Bonchev–Trinajstić information content (AvgIpc) is 2.70. The van der Waals surface area contributed by atoms with Crippen molar-refractivity contribution < 1.29 is 14.6 Å². The second-order valence-electron chi connectivity index (χ2n) is 5.84. The van der Waals surface area contributed by atoms with Gasteiger partial charge in [-0.05, 0) is 65.7 Å². The molecule has 0 fully saturated rings. The summed E-state index contributed by atoms with van der Waals surface area (Å²) in [5, 5.41) is 14.4. The maximum absolute atomic E-state index is 12.1. The summed E-state index contributed by atoms with van der Waals surface area (Å²) in [6.45, 7) is 0.441. The number of aromatic hydroxyl groups is 1. The lowest BCUT2D eigenvalue weighted by Crippen LogP contribution is -2.17. The molecule has 0 bridgehead atoms. The van der Waals surface area contributed by atoms with Crippen molar-refractivity contribution in [3.63, 3.8) is 0 Å². The van der Waals surface area contributed by atoms with E-state index in [9.17, 15) is 9.90 Å². The molecule has 0 atom stereocenters. The highest BCUT2D eigenvalue weighted by molar-refractivity contribution is 9.10. The summed E-state index contributed by atoms with van der Waals surface area (Å²) in [6, 6.07) is 19.4. The molecule has 0 radical (unpaired) electrons. The Morgan fingerprint density at radius 1 is 1.11 bits per heavy atom. The van der Waals surface area contributed by atoms with Gasteiger partial charge in [-0.3, -0.25) is 4.79 Å². The van der Waals surface area contributed by atoms with Gasteiger partial charge in [-0.25, -0.2) is 5.43 Å². The van der Waals surface area contributed by atoms with E-state index in [1.54, 1.807) is 6.07 Å². The maximum Gasteiger partial charge on any atom is 0.275 e. The first-order valence-corrected chi connectivity index (χ1v) is 9.47.